The molecule has 0 aliphatic heterocycles. The van der Waals surface area contributed by atoms with Crippen LogP contribution in [0.25, 0.3) is 0 Å². The maximum absolute atomic E-state index is 12.8. The Bertz CT molecular complexity index is 1170. The highest BCUT2D eigenvalue weighted by molar-refractivity contribution is 5.71. The number of unbranched alkanes of at least 4 members (excludes halogenated alkanes) is 57. The summed E-state index contributed by atoms with van der Waals surface area (Å²) < 4.78 is 16.8. The predicted octanol–water partition coefficient (Wildman–Crippen LogP) is 24.6. The second-order valence-electron chi connectivity index (χ2n) is 24.9. The zero-order valence-electron chi connectivity index (χ0n) is 53.5. The molecule has 0 amide bonds. The van der Waals surface area contributed by atoms with E-state index in [2.05, 4.69) is 20.8 Å². The molecule has 0 heterocycles. The van der Waals surface area contributed by atoms with Crippen LogP contribution < -0.4 is 0 Å². The van der Waals surface area contributed by atoms with Crippen LogP contribution in [0.3, 0.4) is 0 Å². The van der Waals surface area contributed by atoms with Crippen LogP contribution in [0.4, 0.5) is 0 Å². The third kappa shape index (κ3) is 65.2. The topological polar surface area (TPSA) is 78.9 Å². The highest BCUT2D eigenvalue weighted by atomic mass is 16.6. The van der Waals surface area contributed by atoms with Crippen LogP contribution in [0.2, 0.25) is 0 Å². The normalized spacial score (nSPS) is 11.9. The van der Waals surface area contributed by atoms with E-state index in [1.807, 2.05) is 0 Å². The Labute approximate surface area is 488 Å². The van der Waals surface area contributed by atoms with Gasteiger partial charge >= 0.3 is 17.9 Å². The molecule has 0 aromatic rings. The maximum atomic E-state index is 12.8. The largest absolute Gasteiger partial charge is 0.462 e. The molecule has 0 aromatic carbocycles. The lowest BCUT2D eigenvalue weighted by Crippen LogP contribution is -2.30. The van der Waals surface area contributed by atoms with E-state index < -0.39 is 6.10 Å². The van der Waals surface area contributed by atoms with Crippen molar-refractivity contribution in [2.45, 2.75) is 431 Å². The summed E-state index contributed by atoms with van der Waals surface area (Å²) in [4.78, 5) is 38.0. The van der Waals surface area contributed by atoms with Crippen LogP contribution in [0.1, 0.15) is 425 Å². The van der Waals surface area contributed by atoms with E-state index in [0.717, 1.165) is 64.2 Å². The van der Waals surface area contributed by atoms with Gasteiger partial charge in [-0.25, -0.2) is 0 Å². The Morgan fingerprint density at radius 2 is 0.346 bits per heavy atom. The Morgan fingerprint density at radius 3 is 0.513 bits per heavy atom. The second kappa shape index (κ2) is 67.9. The summed E-state index contributed by atoms with van der Waals surface area (Å²) in [6.45, 7) is 6.65. The molecule has 1 atom stereocenters. The van der Waals surface area contributed by atoms with Crippen molar-refractivity contribution in [2.75, 3.05) is 13.2 Å². The number of ether oxygens (including phenoxy) is 3. The first-order valence-electron chi connectivity index (χ1n) is 36.0. The smallest absolute Gasteiger partial charge is 0.306 e. The fraction of sp³-hybridized carbons (Fsp3) is 0.958. The summed E-state index contributed by atoms with van der Waals surface area (Å²) in [7, 11) is 0. The lowest BCUT2D eigenvalue weighted by Gasteiger charge is -2.18. The SMILES string of the molecule is CCCCCCCCCCCCCCCCCCCCCCCCCCCCCCCCCCCCC(=O)OCC(COC(=O)CCCCCCC)OC(=O)CCCCCCCCCCCCCCCCCCCCCCC. The van der Waals surface area contributed by atoms with Gasteiger partial charge in [0, 0.05) is 19.3 Å². The molecular formula is C72H140O6. The molecule has 0 radical (unpaired) electrons. The number of carbonyl (C=O) groups is 3. The number of esters is 3. The Morgan fingerprint density at radius 1 is 0.205 bits per heavy atom. The third-order valence-corrected chi connectivity index (χ3v) is 16.9. The van der Waals surface area contributed by atoms with E-state index in [1.54, 1.807) is 0 Å². The van der Waals surface area contributed by atoms with Crippen LogP contribution >= 0.6 is 0 Å². The van der Waals surface area contributed by atoms with E-state index in [-0.39, 0.29) is 31.1 Å². The zero-order valence-corrected chi connectivity index (χ0v) is 53.5. The number of rotatable bonds is 68. The molecule has 6 heteroatoms. The van der Waals surface area contributed by atoms with Crippen molar-refractivity contribution in [3.05, 3.63) is 0 Å². The van der Waals surface area contributed by atoms with E-state index in [0.29, 0.717) is 19.3 Å². The average Bonchev–Trinajstić information content (AvgIpc) is 3.44. The molecule has 0 aromatic heterocycles. The molecule has 0 bridgehead atoms. The highest BCUT2D eigenvalue weighted by Gasteiger charge is 2.19. The van der Waals surface area contributed by atoms with Gasteiger partial charge in [-0.1, -0.05) is 387 Å². The average molecular weight is 1100 g/mol. The van der Waals surface area contributed by atoms with Crippen LogP contribution in [0, 0.1) is 0 Å². The Hall–Kier alpha value is -1.59. The van der Waals surface area contributed by atoms with Gasteiger partial charge in [0.2, 0.25) is 0 Å². The minimum atomic E-state index is -0.761. The monoisotopic (exact) mass is 1100 g/mol. The molecule has 0 saturated heterocycles. The molecule has 6 nitrogen and oxygen atoms in total. The maximum Gasteiger partial charge on any atom is 0.306 e. The van der Waals surface area contributed by atoms with Crippen LogP contribution in [0.5, 0.6) is 0 Å². The van der Waals surface area contributed by atoms with Gasteiger partial charge in [0.1, 0.15) is 13.2 Å². The van der Waals surface area contributed by atoms with Crippen molar-refractivity contribution in [3.8, 4) is 0 Å². The van der Waals surface area contributed by atoms with Gasteiger partial charge in [0.25, 0.3) is 0 Å². The van der Waals surface area contributed by atoms with Crippen molar-refractivity contribution in [3.63, 3.8) is 0 Å². The predicted molar refractivity (Wildman–Crippen MR) is 340 cm³/mol. The lowest BCUT2D eigenvalue weighted by molar-refractivity contribution is -0.167. The molecule has 0 saturated carbocycles. The molecule has 1 unspecified atom stereocenters. The fourth-order valence-electron chi connectivity index (χ4n) is 11.5. The number of carbonyl (C=O) groups excluding carboxylic acids is 3. The molecule has 0 aliphatic rings. The first-order valence-corrected chi connectivity index (χ1v) is 36.0. The van der Waals surface area contributed by atoms with Gasteiger partial charge in [0.05, 0.1) is 0 Å². The summed E-state index contributed by atoms with van der Waals surface area (Å²) in [5.41, 5.74) is 0. The van der Waals surface area contributed by atoms with Crippen molar-refractivity contribution in [1.29, 1.82) is 0 Å². The summed E-state index contributed by atoms with van der Waals surface area (Å²) in [6, 6.07) is 0. The standard InChI is InChI=1S/C72H140O6/c1-4-7-10-13-15-17-19-21-23-25-27-29-30-31-32-33-34-35-36-37-38-39-40-41-43-44-46-48-50-52-54-56-59-62-65-71(74)77-68-69(67-76-70(73)64-61-58-12-9-6-3)78-72(75)66-63-60-57-55-53-51-49-47-45-42-28-26-24-22-20-18-16-14-11-8-5-2/h69H,4-68H2,1-3H3. The highest BCUT2D eigenvalue weighted by Crippen LogP contribution is 2.20. The van der Waals surface area contributed by atoms with Crippen LogP contribution in [-0.4, -0.2) is 37.2 Å². The van der Waals surface area contributed by atoms with Crippen molar-refractivity contribution in [1.82, 2.24) is 0 Å². The molecule has 0 aliphatic carbocycles. The van der Waals surface area contributed by atoms with Gasteiger partial charge < -0.3 is 14.2 Å². The van der Waals surface area contributed by atoms with E-state index in [1.165, 1.54) is 321 Å². The Kier molecular flexibility index (Phi) is 66.5. The van der Waals surface area contributed by atoms with E-state index in [9.17, 15) is 14.4 Å². The lowest BCUT2D eigenvalue weighted by atomic mass is 10.0. The van der Waals surface area contributed by atoms with Gasteiger partial charge in [-0.3, -0.25) is 14.4 Å². The molecule has 464 valence electrons. The first-order chi connectivity index (χ1) is 38.5. The summed E-state index contributed by atoms with van der Waals surface area (Å²) in [5.74, 6) is -0.843. The third-order valence-electron chi connectivity index (χ3n) is 16.9. The molecule has 78 heavy (non-hydrogen) atoms. The van der Waals surface area contributed by atoms with Gasteiger partial charge in [-0.05, 0) is 19.3 Å². The molecular weight excluding hydrogens is 961 g/mol. The first kappa shape index (κ1) is 76.4. The number of hydrogen-bond acceptors (Lipinski definition) is 6. The minimum Gasteiger partial charge on any atom is -0.462 e. The van der Waals surface area contributed by atoms with Gasteiger partial charge in [-0.2, -0.15) is 0 Å². The summed E-state index contributed by atoms with van der Waals surface area (Å²) in [6.07, 6.45) is 80.7. The minimum absolute atomic E-state index is 0.0622. The molecule has 0 fully saturated rings. The summed E-state index contributed by atoms with van der Waals surface area (Å²) >= 11 is 0. The second-order valence-corrected chi connectivity index (χ2v) is 24.9. The molecule has 0 spiro atoms. The molecule has 0 N–H and O–H groups in total. The number of hydrogen-bond donors (Lipinski definition) is 0. The zero-order chi connectivity index (χ0) is 56.4. The van der Waals surface area contributed by atoms with Crippen molar-refractivity contribution in [2.24, 2.45) is 0 Å². The van der Waals surface area contributed by atoms with E-state index in [4.69, 9.17) is 14.2 Å². The Balaban J connectivity index is 3.83. The van der Waals surface area contributed by atoms with Crippen molar-refractivity contribution >= 4 is 17.9 Å². The van der Waals surface area contributed by atoms with Crippen LogP contribution in [-0.2, 0) is 28.6 Å². The van der Waals surface area contributed by atoms with Crippen molar-refractivity contribution < 1.29 is 28.6 Å². The van der Waals surface area contributed by atoms with Crippen LogP contribution in [0.15, 0.2) is 0 Å². The quantitative estimate of drug-likeness (QED) is 0.0343. The van der Waals surface area contributed by atoms with E-state index >= 15 is 0 Å². The molecule has 0 rings (SSSR count). The fourth-order valence-corrected chi connectivity index (χ4v) is 11.5. The van der Waals surface area contributed by atoms with Gasteiger partial charge in [0.15, 0.2) is 6.10 Å². The summed E-state index contributed by atoms with van der Waals surface area (Å²) in [5, 5.41) is 0. The van der Waals surface area contributed by atoms with Gasteiger partial charge in [-0.15, -0.1) is 0 Å².